The molecule has 0 atom stereocenters. The molecule has 0 spiro atoms. The minimum atomic E-state index is 0.175. The first-order valence-electron chi connectivity index (χ1n) is 8.50. The van der Waals surface area contributed by atoms with Crippen LogP contribution in [0.2, 0.25) is 5.02 Å². The molecule has 0 unspecified atom stereocenters. The van der Waals surface area contributed by atoms with E-state index in [1.807, 2.05) is 24.5 Å². The molecule has 26 heavy (non-hydrogen) atoms. The van der Waals surface area contributed by atoms with Gasteiger partial charge in [-0.25, -0.2) is 4.98 Å². The Kier molecular flexibility index (Phi) is 4.59. The monoisotopic (exact) mass is 363 g/mol. The third-order valence-electron chi connectivity index (χ3n) is 4.47. The van der Waals surface area contributed by atoms with Crippen LogP contribution in [0.3, 0.4) is 0 Å². The molecule has 0 saturated carbocycles. The number of nitrogens with zero attached hydrogens (tertiary/aromatic N) is 2. The standard InChI is InChI=1S/C21H18ClN3O/c22-17-5-1-14(2-6-17)3-7-18-8-4-15(11-23-18)9-16-12-24-21-20(16)10-19(26)13-25-21/h1-2,4-6,8,10-13,26H,3,7,9H2,(H,24,25). The number of pyridine rings is 2. The van der Waals surface area contributed by atoms with Crippen LogP contribution in [0.1, 0.15) is 22.4 Å². The molecule has 1 aromatic carbocycles. The Hall–Kier alpha value is -2.85. The van der Waals surface area contributed by atoms with Crippen LogP contribution in [0.4, 0.5) is 0 Å². The van der Waals surface area contributed by atoms with E-state index in [1.165, 1.54) is 11.8 Å². The zero-order chi connectivity index (χ0) is 17.9. The molecule has 3 aromatic heterocycles. The smallest absolute Gasteiger partial charge is 0.137 e. The molecule has 0 aliphatic carbocycles. The molecule has 0 fully saturated rings. The highest BCUT2D eigenvalue weighted by atomic mass is 35.5. The fourth-order valence-electron chi connectivity index (χ4n) is 3.04. The number of rotatable bonds is 5. The fraction of sp³-hybridized carbons (Fsp3) is 0.143. The van der Waals surface area contributed by atoms with E-state index in [4.69, 9.17) is 11.6 Å². The van der Waals surface area contributed by atoms with E-state index in [9.17, 15) is 5.11 Å². The molecular formula is C21H18ClN3O. The molecule has 0 aliphatic rings. The highest BCUT2D eigenvalue weighted by Crippen LogP contribution is 2.23. The van der Waals surface area contributed by atoms with Crippen molar-refractivity contribution in [3.8, 4) is 5.75 Å². The van der Waals surface area contributed by atoms with Crippen LogP contribution in [-0.2, 0) is 19.3 Å². The van der Waals surface area contributed by atoms with Gasteiger partial charge in [-0.2, -0.15) is 0 Å². The number of aryl methyl sites for hydroxylation is 2. The van der Waals surface area contributed by atoms with Crippen LogP contribution in [0, 0.1) is 0 Å². The Labute approximate surface area is 156 Å². The lowest BCUT2D eigenvalue weighted by atomic mass is 10.0. The van der Waals surface area contributed by atoms with Crippen LogP contribution >= 0.6 is 11.6 Å². The topological polar surface area (TPSA) is 61.8 Å². The third-order valence-corrected chi connectivity index (χ3v) is 4.72. The van der Waals surface area contributed by atoms with Gasteiger partial charge < -0.3 is 10.1 Å². The van der Waals surface area contributed by atoms with Gasteiger partial charge in [0, 0.05) is 34.9 Å². The van der Waals surface area contributed by atoms with Crippen molar-refractivity contribution in [2.75, 3.05) is 0 Å². The number of benzene rings is 1. The molecule has 0 amide bonds. The second-order valence-electron chi connectivity index (χ2n) is 6.36. The number of fused-ring (bicyclic) bond motifs is 1. The molecule has 0 saturated heterocycles. The van der Waals surface area contributed by atoms with Gasteiger partial charge in [0.2, 0.25) is 0 Å². The predicted molar refractivity (Wildman–Crippen MR) is 104 cm³/mol. The van der Waals surface area contributed by atoms with Gasteiger partial charge in [0.1, 0.15) is 11.4 Å². The Morgan fingerprint density at radius 1 is 0.923 bits per heavy atom. The summed E-state index contributed by atoms with van der Waals surface area (Å²) in [7, 11) is 0. The maximum atomic E-state index is 9.65. The van der Waals surface area contributed by atoms with E-state index in [2.05, 4.69) is 39.2 Å². The zero-order valence-electron chi connectivity index (χ0n) is 14.1. The average Bonchev–Trinajstić information content (AvgIpc) is 3.04. The van der Waals surface area contributed by atoms with Gasteiger partial charge in [0.25, 0.3) is 0 Å². The van der Waals surface area contributed by atoms with E-state index in [1.54, 1.807) is 6.07 Å². The molecular weight excluding hydrogens is 346 g/mol. The van der Waals surface area contributed by atoms with Gasteiger partial charge in [-0.3, -0.25) is 4.98 Å². The maximum Gasteiger partial charge on any atom is 0.137 e. The summed E-state index contributed by atoms with van der Waals surface area (Å²) in [5.74, 6) is 0.175. The summed E-state index contributed by atoms with van der Waals surface area (Å²) in [6, 6.07) is 13.9. The largest absolute Gasteiger partial charge is 0.506 e. The van der Waals surface area contributed by atoms with E-state index in [0.29, 0.717) is 0 Å². The van der Waals surface area contributed by atoms with Crippen LogP contribution in [0.5, 0.6) is 5.75 Å². The number of aromatic hydroxyl groups is 1. The molecule has 3 heterocycles. The van der Waals surface area contributed by atoms with Gasteiger partial charge in [0.05, 0.1) is 6.20 Å². The van der Waals surface area contributed by atoms with Crippen molar-refractivity contribution in [3.63, 3.8) is 0 Å². The number of hydrogen-bond acceptors (Lipinski definition) is 3. The summed E-state index contributed by atoms with van der Waals surface area (Å²) in [4.78, 5) is 11.9. The van der Waals surface area contributed by atoms with Gasteiger partial charge in [-0.1, -0.05) is 29.8 Å². The quantitative estimate of drug-likeness (QED) is 0.540. The number of nitrogens with one attached hydrogen (secondary N) is 1. The SMILES string of the molecule is Oc1cnc2[nH]cc(Cc3ccc(CCc4ccc(Cl)cc4)nc3)c2c1. The Balaban J connectivity index is 1.43. The van der Waals surface area contributed by atoms with Crippen LogP contribution in [0.15, 0.2) is 61.1 Å². The summed E-state index contributed by atoms with van der Waals surface area (Å²) in [6.45, 7) is 0. The van der Waals surface area contributed by atoms with Crippen LogP contribution in [0.25, 0.3) is 11.0 Å². The zero-order valence-corrected chi connectivity index (χ0v) is 14.9. The molecule has 4 nitrogen and oxygen atoms in total. The molecule has 4 aromatic rings. The number of aromatic amines is 1. The van der Waals surface area contributed by atoms with Gasteiger partial charge >= 0.3 is 0 Å². The summed E-state index contributed by atoms with van der Waals surface area (Å²) in [6.07, 6.45) is 7.89. The first-order valence-corrected chi connectivity index (χ1v) is 8.88. The van der Waals surface area contributed by atoms with E-state index >= 15 is 0 Å². The van der Waals surface area contributed by atoms with Crippen molar-refractivity contribution >= 4 is 22.6 Å². The number of hydrogen-bond donors (Lipinski definition) is 2. The summed E-state index contributed by atoms with van der Waals surface area (Å²) >= 11 is 5.92. The first kappa shape index (κ1) is 16.6. The number of aromatic nitrogens is 3. The van der Waals surface area contributed by atoms with Gasteiger partial charge in [0.15, 0.2) is 0 Å². The third kappa shape index (κ3) is 3.70. The van der Waals surface area contributed by atoms with Crippen molar-refractivity contribution in [1.82, 2.24) is 15.0 Å². The summed E-state index contributed by atoms with van der Waals surface area (Å²) < 4.78 is 0. The van der Waals surface area contributed by atoms with Gasteiger partial charge in [-0.15, -0.1) is 0 Å². The molecule has 0 bridgehead atoms. The van der Waals surface area contributed by atoms with Crippen molar-refractivity contribution in [2.24, 2.45) is 0 Å². The van der Waals surface area contributed by atoms with Crippen LogP contribution in [-0.4, -0.2) is 20.1 Å². The van der Waals surface area contributed by atoms with Crippen molar-refractivity contribution in [1.29, 1.82) is 0 Å². The molecule has 130 valence electrons. The normalized spacial score (nSPS) is 11.1. The predicted octanol–water partition coefficient (Wildman–Crippen LogP) is 4.69. The Bertz CT molecular complexity index is 1020. The summed E-state index contributed by atoms with van der Waals surface area (Å²) in [5, 5.41) is 11.4. The molecule has 2 N–H and O–H groups in total. The second-order valence-corrected chi connectivity index (χ2v) is 6.80. The minimum absolute atomic E-state index is 0.175. The number of H-pyrrole nitrogens is 1. The second kappa shape index (κ2) is 7.18. The average molecular weight is 364 g/mol. The van der Waals surface area contributed by atoms with Crippen molar-refractivity contribution in [2.45, 2.75) is 19.3 Å². The lowest BCUT2D eigenvalue weighted by molar-refractivity contribution is 0.474. The molecule has 4 rings (SSSR count). The number of halogens is 1. The van der Waals surface area contributed by atoms with Crippen LogP contribution < -0.4 is 0 Å². The lowest BCUT2D eigenvalue weighted by Gasteiger charge is -2.04. The fourth-order valence-corrected chi connectivity index (χ4v) is 3.17. The van der Waals surface area contributed by atoms with Crippen molar-refractivity contribution < 1.29 is 5.11 Å². The minimum Gasteiger partial charge on any atom is -0.506 e. The Morgan fingerprint density at radius 3 is 2.50 bits per heavy atom. The van der Waals surface area contributed by atoms with Gasteiger partial charge in [-0.05, 0) is 53.8 Å². The Morgan fingerprint density at radius 2 is 1.73 bits per heavy atom. The maximum absolute atomic E-state index is 9.65. The lowest BCUT2D eigenvalue weighted by Crippen LogP contribution is -1.96. The molecule has 5 heteroatoms. The summed E-state index contributed by atoms with van der Waals surface area (Å²) in [5.41, 5.74) is 5.34. The first-order chi connectivity index (χ1) is 12.7. The highest BCUT2D eigenvalue weighted by molar-refractivity contribution is 6.30. The van der Waals surface area contributed by atoms with E-state index in [-0.39, 0.29) is 5.75 Å². The molecule has 0 radical (unpaired) electrons. The highest BCUT2D eigenvalue weighted by Gasteiger charge is 2.07. The molecule has 0 aliphatic heterocycles. The van der Waals surface area contributed by atoms with Crippen molar-refractivity contribution in [3.05, 3.63) is 88.5 Å². The van der Waals surface area contributed by atoms with E-state index < -0.39 is 0 Å². The van der Waals surface area contributed by atoms with E-state index in [0.717, 1.165) is 52.1 Å².